The van der Waals surface area contributed by atoms with Gasteiger partial charge in [-0.25, -0.2) is 0 Å². The molecule has 3 atom stereocenters. The summed E-state index contributed by atoms with van der Waals surface area (Å²) in [7, 11) is 2.68. The third-order valence-corrected chi connectivity index (χ3v) is 5.45. The number of aliphatic hydroxyl groups excluding tert-OH is 2. The van der Waals surface area contributed by atoms with Crippen LogP contribution in [0.2, 0.25) is 0 Å². The third-order valence-electron chi connectivity index (χ3n) is 5.45. The molecule has 3 unspecified atom stereocenters. The average Bonchev–Trinajstić information content (AvgIpc) is 2.86. The number of carbonyl (C=O) groups excluding carboxylic acids is 1. The van der Waals surface area contributed by atoms with E-state index in [9.17, 15) is 35.2 Å². The van der Waals surface area contributed by atoms with E-state index >= 15 is 0 Å². The Balaban J connectivity index is 2.43. The minimum Gasteiger partial charge on any atom is -0.469 e. The fourth-order valence-electron chi connectivity index (χ4n) is 3.53. The highest BCUT2D eigenvalue weighted by atomic mass is 16.6. The second kappa shape index (κ2) is 13.9. The first-order valence-electron chi connectivity index (χ1n) is 11.3. The Bertz CT molecular complexity index is 1140. The van der Waals surface area contributed by atoms with Crippen molar-refractivity contribution in [3.8, 4) is 0 Å². The Kier molecular flexibility index (Phi) is 11.0. The number of anilines is 1. The van der Waals surface area contributed by atoms with Gasteiger partial charge < -0.3 is 25.0 Å². The molecule has 0 fully saturated rings. The zero-order valence-corrected chi connectivity index (χ0v) is 20.6. The predicted octanol–water partition coefficient (Wildman–Crippen LogP) is 4.45. The van der Waals surface area contributed by atoms with Crippen molar-refractivity contribution in [2.45, 2.75) is 51.0 Å². The van der Waals surface area contributed by atoms with Gasteiger partial charge in [0.05, 0.1) is 28.7 Å². The van der Waals surface area contributed by atoms with Gasteiger partial charge in [-0.15, -0.1) is 10.2 Å². The van der Waals surface area contributed by atoms with E-state index in [1.807, 2.05) is 0 Å². The topological polar surface area (TPSA) is 199 Å². The van der Waals surface area contributed by atoms with Gasteiger partial charge in [-0.2, -0.15) is 0 Å². The van der Waals surface area contributed by atoms with E-state index in [0.29, 0.717) is 24.9 Å². The molecule has 0 aliphatic heterocycles. The predicted molar refractivity (Wildman–Crippen MR) is 132 cm³/mol. The maximum absolute atomic E-state index is 11.7. The van der Waals surface area contributed by atoms with Crippen LogP contribution in [0.5, 0.6) is 0 Å². The summed E-state index contributed by atoms with van der Waals surface area (Å²) in [6, 6.07) is 8.02. The van der Waals surface area contributed by atoms with E-state index in [1.165, 1.54) is 21.1 Å². The van der Waals surface area contributed by atoms with Gasteiger partial charge in [0.15, 0.2) is 12.0 Å². The summed E-state index contributed by atoms with van der Waals surface area (Å²) in [6.45, 7) is 1.48. The van der Waals surface area contributed by atoms with Crippen molar-refractivity contribution < 1.29 is 34.3 Å². The molecule has 0 amide bonds. The highest BCUT2D eigenvalue weighted by Crippen LogP contribution is 2.37. The maximum Gasteiger partial charge on any atom is 0.305 e. The molecule has 14 nitrogen and oxygen atoms in total. The van der Waals surface area contributed by atoms with Gasteiger partial charge >= 0.3 is 11.7 Å². The van der Waals surface area contributed by atoms with Crippen LogP contribution in [0, 0.1) is 20.2 Å². The lowest BCUT2D eigenvalue weighted by molar-refractivity contribution is -0.393. The van der Waals surface area contributed by atoms with Crippen LogP contribution in [-0.2, 0) is 14.3 Å². The molecule has 0 bridgehead atoms. The molecule has 37 heavy (non-hydrogen) atoms. The van der Waals surface area contributed by atoms with E-state index in [-0.39, 0.29) is 29.7 Å². The molecule has 0 heterocycles. The first-order chi connectivity index (χ1) is 17.5. The lowest BCUT2D eigenvalue weighted by Crippen LogP contribution is -2.15. The third kappa shape index (κ3) is 8.86. The number of methoxy groups -OCH3 is 2. The van der Waals surface area contributed by atoms with Gasteiger partial charge in [0.1, 0.15) is 11.9 Å². The number of nitro groups is 2. The van der Waals surface area contributed by atoms with Crippen molar-refractivity contribution >= 4 is 34.4 Å². The minimum absolute atomic E-state index is 0.147. The van der Waals surface area contributed by atoms with Crippen LogP contribution < -0.4 is 5.32 Å². The van der Waals surface area contributed by atoms with Gasteiger partial charge in [-0.3, -0.25) is 25.0 Å². The molecular weight excluding hydrogens is 490 g/mol. The zero-order chi connectivity index (χ0) is 27.5. The maximum atomic E-state index is 11.7. The van der Waals surface area contributed by atoms with Crippen molar-refractivity contribution in [3.05, 3.63) is 62.2 Å². The molecule has 200 valence electrons. The van der Waals surface area contributed by atoms with Gasteiger partial charge in [0.25, 0.3) is 5.69 Å². The summed E-state index contributed by atoms with van der Waals surface area (Å²) in [6.07, 6.45) is -0.590. The summed E-state index contributed by atoms with van der Waals surface area (Å²) < 4.78 is 9.63. The Hall–Kier alpha value is -4.01. The number of azo groups is 1. The quantitative estimate of drug-likeness (QED) is 0.105. The normalized spacial score (nSPS) is 13.6. The molecule has 0 aliphatic carbocycles. The number of nitrogens with one attached hydrogen (secondary N) is 1. The minimum atomic E-state index is -0.984. The number of nitrogens with zero attached hydrogens (tertiary/aromatic N) is 4. The molecule has 2 rings (SSSR count). The van der Waals surface area contributed by atoms with Gasteiger partial charge in [-0.1, -0.05) is 6.07 Å². The molecular formula is C23H29N5O9. The number of nitro benzene ring substituents is 2. The number of non-ortho nitro benzene ring substituents is 1. The lowest BCUT2D eigenvalue weighted by Gasteiger charge is -2.20. The van der Waals surface area contributed by atoms with Crippen molar-refractivity contribution in [1.82, 2.24) is 0 Å². The standard InChI is InChI=1S/C23H29N5O9/c1-14(29)24-20-12-16(15(5-10-22(30)36-2)6-11-23(31)37-3)4-8-18(20)25-26-19-9-7-17(27(32)33)13-21(19)28(34)35/h4,7-9,12-15,22,24,29-30H,5-6,10-11H2,1-3H3. The summed E-state index contributed by atoms with van der Waals surface area (Å²) >= 11 is 0. The molecule has 0 saturated heterocycles. The smallest absolute Gasteiger partial charge is 0.305 e. The Morgan fingerprint density at radius 2 is 1.68 bits per heavy atom. The molecule has 2 aromatic carbocycles. The number of benzene rings is 2. The molecule has 2 aromatic rings. The van der Waals surface area contributed by atoms with E-state index in [4.69, 9.17) is 9.47 Å². The van der Waals surface area contributed by atoms with E-state index in [1.54, 1.807) is 18.2 Å². The van der Waals surface area contributed by atoms with Crippen LogP contribution in [0.1, 0.15) is 44.1 Å². The number of aliphatic hydroxyl groups is 2. The summed E-state index contributed by atoms with van der Waals surface area (Å²) in [5.74, 6) is -0.560. The Morgan fingerprint density at radius 3 is 2.27 bits per heavy atom. The number of carbonyl (C=O) groups is 1. The molecule has 14 heteroatoms. The van der Waals surface area contributed by atoms with Crippen LogP contribution in [0.15, 0.2) is 46.6 Å². The Labute approximate surface area is 212 Å². The largest absolute Gasteiger partial charge is 0.469 e. The van der Waals surface area contributed by atoms with Crippen LogP contribution in [0.25, 0.3) is 0 Å². The van der Waals surface area contributed by atoms with Gasteiger partial charge in [0, 0.05) is 19.6 Å². The summed E-state index contributed by atoms with van der Waals surface area (Å²) in [5, 5.41) is 52.9. The highest BCUT2D eigenvalue weighted by molar-refractivity contribution is 5.70. The highest BCUT2D eigenvalue weighted by Gasteiger charge is 2.21. The number of esters is 1. The van der Waals surface area contributed by atoms with Crippen molar-refractivity contribution in [2.75, 3.05) is 19.5 Å². The average molecular weight is 520 g/mol. The monoisotopic (exact) mass is 519 g/mol. The molecule has 0 saturated carbocycles. The summed E-state index contributed by atoms with van der Waals surface area (Å²) in [4.78, 5) is 32.5. The first-order valence-corrected chi connectivity index (χ1v) is 11.3. The van der Waals surface area contributed by atoms with E-state index in [2.05, 4.69) is 15.5 Å². The van der Waals surface area contributed by atoms with Crippen LogP contribution in [0.4, 0.5) is 28.4 Å². The van der Waals surface area contributed by atoms with Crippen LogP contribution >= 0.6 is 0 Å². The molecule has 3 N–H and O–H groups in total. The van der Waals surface area contributed by atoms with Gasteiger partial charge in [0.2, 0.25) is 0 Å². The fraction of sp³-hybridized carbons (Fsp3) is 0.435. The number of ether oxygens (including phenoxy) is 2. The number of hydrogen-bond acceptors (Lipinski definition) is 12. The summed E-state index contributed by atoms with van der Waals surface area (Å²) in [5.41, 5.74) is 0.141. The first kappa shape index (κ1) is 29.2. The number of hydrogen-bond donors (Lipinski definition) is 3. The second-order valence-electron chi connectivity index (χ2n) is 8.06. The number of rotatable bonds is 14. The Morgan fingerprint density at radius 1 is 1.00 bits per heavy atom. The molecule has 0 aliphatic rings. The fourth-order valence-corrected chi connectivity index (χ4v) is 3.53. The molecule has 0 radical (unpaired) electrons. The van der Waals surface area contributed by atoms with Gasteiger partial charge in [-0.05, 0) is 55.9 Å². The van der Waals surface area contributed by atoms with Crippen LogP contribution in [-0.4, -0.2) is 52.8 Å². The molecule has 0 aromatic heterocycles. The van der Waals surface area contributed by atoms with Crippen molar-refractivity contribution in [2.24, 2.45) is 10.2 Å². The van der Waals surface area contributed by atoms with Crippen molar-refractivity contribution in [3.63, 3.8) is 0 Å². The molecule has 0 spiro atoms. The second-order valence-corrected chi connectivity index (χ2v) is 8.06. The zero-order valence-electron chi connectivity index (χ0n) is 20.6. The van der Waals surface area contributed by atoms with E-state index < -0.39 is 33.7 Å². The SMILES string of the molecule is COC(=O)CCC(CCC(O)OC)c1ccc(N=Nc2ccc([N+](=O)[O-])cc2[N+](=O)[O-])c(NC(C)O)c1. The lowest BCUT2D eigenvalue weighted by atomic mass is 9.89. The van der Waals surface area contributed by atoms with E-state index in [0.717, 1.165) is 23.8 Å². The van der Waals surface area contributed by atoms with Crippen molar-refractivity contribution in [1.29, 1.82) is 0 Å². The van der Waals surface area contributed by atoms with Crippen LogP contribution in [0.3, 0.4) is 0 Å².